The summed E-state index contributed by atoms with van der Waals surface area (Å²) in [5, 5.41) is 9.01. The molecule has 15 heavy (non-hydrogen) atoms. The zero-order valence-electron chi connectivity index (χ0n) is 7.89. The predicted molar refractivity (Wildman–Crippen MR) is 64.7 cm³/mol. The summed E-state index contributed by atoms with van der Waals surface area (Å²) < 4.78 is 5.02. The lowest BCUT2D eigenvalue weighted by atomic mass is 10.3. The van der Waals surface area contributed by atoms with Gasteiger partial charge in [0.15, 0.2) is 0 Å². The van der Waals surface area contributed by atoms with Gasteiger partial charge < -0.3 is 9.84 Å². The molecular formula is C10H11BrO3S. The number of benzene rings is 1. The third-order valence-electron chi connectivity index (χ3n) is 1.66. The Morgan fingerprint density at radius 1 is 1.47 bits per heavy atom. The molecule has 0 fully saturated rings. The number of aromatic hydroxyl groups is 1. The van der Waals surface area contributed by atoms with E-state index in [0.29, 0.717) is 18.6 Å². The van der Waals surface area contributed by atoms with E-state index in [2.05, 4.69) is 28.6 Å². The first kappa shape index (κ1) is 12.4. The number of carbonyl (C=O) groups excluding carboxylic acids is 1. The SMILES string of the molecule is O=C(CCC(S)Br)Oc1ccc(O)cc1. The fraction of sp³-hybridized carbons (Fsp3) is 0.300. The van der Waals surface area contributed by atoms with Gasteiger partial charge in [-0.3, -0.25) is 4.79 Å². The van der Waals surface area contributed by atoms with Crippen molar-refractivity contribution in [1.29, 1.82) is 0 Å². The smallest absolute Gasteiger partial charge is 0.311 e. The summed E-state index contributed by atoms with van der Waals surface area (Å²) in [4.78, 5) is 11.3. The maximum absolute atomic E-state index is 11.3. The number of phenolic OH excluding ortho intramolecular Hbond substituents is 1. The standard InChI is InChI=1S/C10H11BrO3S/c11-9(15)5-6-10(13)14-8-3-1-7(12)2-4-8/h1-4,9,12,15H,5-6H2. The summed E-state index contributed by atoms with van der Waals surface area (Å²) in [7, 11) is 0. The molecule has 0 heterocycles. The molecule has 0 aliphatic carbocycles. The Morgan fingerprint density at radius 3 is 2.60 bits per heavy atom. The molecule has 0 bridgehead atoms. The molecule has 1 aromatic rings. The van der Waals surface area contributed by atoms with Crippen molar-refractivity contribution in [1.82, 2.24) is 0 Å². The van der Waals surface area contributed by atoms with Gasteiger partial charge in [0.05, 0.1) is 4.16 Å². The molecule has 0 saturated carbocycles. The maximum atomic E-state index is 11.3. The normalized spacial score (nSPS) is 12.1. The highest BCUT2D eigenvalue weighted by atomic mass is 79.9. The molecule has 0 aromatic heterocycles. The van der Waals surface area contributed by atoms with E-state index in [-0.39, 0.29) is 15.9 Å². The largest absolute Gasteiger partial charge is 0.508 e. The number of esters is 1. The van der Waals surface area contributed by atoms with Gasteiger partial charge in [-0.25, -0.2) is 0 Å². The molecule has 1 rings (SSSR count). The molecule has 0 spiro atoms. The van der Waals surface area contributed by atoms with Crippen LogP contribution < -0.4 is 4.74 Å². The molecule has 0 aliphatic rings. The van der Waals surface area contributed by atoms with Gasteiger partial charge >= 0.3 is 5.97 Å². The number of thiol groups is 1. The number of carbonyl (C=O) groups is 1. The molecule has 0 amide bonds. The van der Waals surface area contributed by atoms with Gasteiger partial charge in [0, 0.05) is 6.42 Å². The van der Waals surface area contributed by atoms with Crippen LogP contribution in [0.4, 0.5) is 0 Å². The molecule has 1 atom stereocenters. The van der Waals surface area contributed by atoms with E-state index >= 15 is 0 Å². The highest BCUT2D eigenvalue weighted by Gasteiger charge is 2.07. The van der Waals surface area contributed by atoms with Crippen molar-refractivity contribution in [3.8, 4) is 11.5 Å². The molecule has 3 nitrogen and oxygen atoms in total. The lowest BCUT2D eigenvalue weighted by Gasteiger charge is -2.04. The Labute approximate surface area is 102 Å². The first-order chi connectivity index (χ1) is 7.08. The summed E-state index contributed by atoms with van der Waals surface area (Å²) >= 11 is 7.31. The van der Waals surface area contributed by atoms with Gasteiger partial charge in [0.2, 0.25) is 0 Å². The second-order valence-corrected chi connectivity index (χ2v) is 5.38. The van der Waals surface area contributed by atoms with Crippen LogP contribution in [-0.4, -0.2) is 15.2 Å². The Morgan fingerprint density at radius 2 is 2.07 bits per heavy atom. The first-order valence-electron chi connectivity index (χ1n) is 4.40. The summed E-state index contributed by atoms with van der Waals surface area (Å²) in [5.41, 5.74) is 0. The van der Waals surface area contributed by atoms with Crippen molar-refractivity contribution in [3.63, 3.8) is 0 Å². The van der Waals surface area contributed by atoms with E-state index in [1.807, 2.05) is 0 Å². The van der Waals surface area contributed by atoms with Gasteiger partial charge in [-0.1, -0.05) is 15.9 Å². The van der Waals surface area contributed by atoms with Crippen molar-refractivity contribution in [2.45, 2.75) is 17.0 Å². The van der Waals surface area contributed by atoms with Crippen molar-refractivity contribution in [3.05, 3.63) is 24.3 Å². The minimum Gasteiger partial charge on any atom is -0.508 e. The van der Waals surface area contributed by atoms with Gasteiger partial charge in [-0.2, -0.15) is 12.6 Å². The van der Waals surface area contributed by atoms with Crippen molar-refractivity contribution < 1.29 is 14.6 Å². The number of phenols is 1. The van der Waals surface area contributed by atoms with E-state index in [4.69, 9.17) is 9.84 Å². The van der Waals surface area contributed by atoms with E-state index in [1.165, 1.54) is 12.1 Å². The van der Waals surface area contributed by atoms with Crippen LogP contribution in [0.3, 0.4) is 0 Å². The minimum absolute atomic E-state index is 0.00451. The van der Waals surface area contributed by atoms with Crippen molar-refractivity contribution in [2.75, 3.05) is 0 Å². The zero-order chi connectivity index (χ0) is 11.3. The molecular weight excluding hydrogens is 280 g/mol. The van der Waals surface area contributed by atoms with Crippen molar-refractivity contribution >= 4 is 34.5 Å². The summed E-state index contributed by atoms with van der Waals surface area (Å²) in [6, 6.07) is 6.02. The Kier molecular flexibility index (Phi) is 4.98. The monoisotopic (exact) mass is 290 g/mol. The van der Waals surface area contributed by atoms with E-state index in [9.17, 15) is 4.79 Å². The quantitative estimate of drug-likeness (QED) is 0.388. The first-order valence-corrected chi connectivity index (χ1v) is 5.83. The Balaban J connectivity index is 2.41. The Hall–Kier alpha value is -0.680. The van der Waals surface area contributed by atoms with Crippen LogP contribution in [0, 0.1) is 0 Å². The third-order valence-corrected chi connectivity index (χ3v) is 2.37. The van der Waals surface area contributed by atoms with Crippen LogP contribution in [0.5, 0.6) is 11.5 Å². The van der Waals surface area contributed by atoms with Crippen LogP contribution in [0.15, 0.2) is 24.3 Å². The second kappa shape index (κ2) is 6.02. The summed E-state index contributed by atoms with van der Waals surface area (Å²) in [5.74, 6) is 0.271. The number of rotatable bonds is 4. The van der Waals surface area contributed by atoms with Gasteiger partial charge in [0.1, 0.15) is 11.5 Å². The van der Waals surface area contributed by atoms with E-state index in [1.54, 1.807) is 12.1 Å². The van der Waals surface area contributed by atoms with E-state index < -0.39 is 0 Å². The Bertz CT molecular complexity index is 324. The number of hydrogen-bond donors (Lipinski definition) is 2. The predicted octanol–water partition coefficient (Wildman–Crippen LogP) is 2.73. The number of ether oxygens (including phenoxy) is 1. The minimum atomic E-state index is -0.306. The summed E-state index contributed by atoms with van der Waals surface area (Å²) in [6.07, 6.45) is 0.917. The molecule has 1 unspecified atom stereocenters. The lowest BCUT2D eigenvalue weighted by molar-refractivity contribution is -0.134. The third kappa shape index (κ3) is 5.09. The molecule has 0 radical (unpaired) electrons. The van der Waals surface area contributed by atoms with E-state index in [0.717, 1.165) is 0 Å². The molecule has 0 aliphatic heterocycles. The van der Waals surface area contributed by atoms with Crippen LogP contribution in [-0.2, 0) is 4.79 Å². The maximum Gasteiger partial charge on any atom is 0.311 e. The topological polar surface area (TPSA) is 46.5 Å². The molecule has 1 N–H and O–H groups in total. The highest BCUT2D eigenvalue weighted by Crippen LogP contribution is 2.17. The summed E-state index contributed by atoms with van der Waals surface area (Å²) in [6.45, 7) is 0. The highest BCUT2D eigenvalue weighted by molar-refractivity contribution is 9.11. The molecule has 0 saturated heterocycles. The van der Waals surface area contributed by atoms with Crippen LogP contribution in [0.2, 0.25) is 0 Å². The average molecular weight is 291 g/mol. The van der Waals surface area contributed by atoms with Crippen LogP contribution in [0.25, 0.3) is 0 Å². The van der Waals surface area contributed by atoms with Gasteiger partial charge in [-0.05, 0) is 30.7 Å². The average Bonchev–Trinajstić information content (AvgIpc) is 2.19. The number of halogens is 1. The van der Waals surface area contributed by atoms with Crippen molar-refractivity contribution in [2.24, 2.45) is 0 Å². The molecule has 5 heteroatoms. The molecule has 82 valence electrons. The number of alkyl halides is 1. The molecule has 1 aromatic carbocycles. The van der Waals surface area contributed by atoms with Crippen LogP contribution in [0.1, 0.15) is 12.8 Å². The fourth-order valence-corrected chi connectivity index (χ4v) is 1.29. The van der Waals surface area contributed by atoms with Gasteiger partial charge in [-0.15, -0.1) is 0 Å². The zero-order valence-corrected chi connectivity index (χ0v) is 10.4. The van der Waals surface area contributed by atoms with Gasteiger partial charge in [0.25, 0.3) is 0 Å². The lowest BCUT2D eigenvalue weighted by Crippen LogP contribution is -2.08. The van der Waals surface area contributed by atoms with Crippen LogP contribution >= 0.6 is 28.6 Å². The number of hydrogen-bond acceptors (Lipinski definition) is 4. The fourth-order valence-electron chi connectivity index (χ4n) is 0.934. The second-order valence-electron chi connectivity index (χ2n) is 2.94.